The molecule has 0 saturated heterocycles. The summed E-state index contributed by atoms with van der Waals surface area (Å²) in [6.07, 6.45) is 0. The molecule has 0 amide bonds. The summed E-state index contributed by atoms with van der Waals surface area (Å²) in [6.45, 7) is 4.79. The third kappa shape index (κ3) is 2.86. The van der Waals surface area contributed by atoms with Crippen LogP contribution in [0.15, 0.2) is 17.6 Å². The van der Waals surface area contributed by atoms with Crippen molar-refractivity contribution < 1.29 is 5.11 Å². The van der Waals surface area contributed by atoms with E-state index in [0.29, 0.717) is 0 Å². The first kappa shape index (κ1) is 13.0. The van der Waals surface area contributed by atoms with Gasteiger partial charge in [-0.05, 0) is 31.5 Å². The Labute approximate surface area is 111 Å². The van der Waals surface area contributed by atoms with Crippen LogP contribution in [-0.2, 0) is 13.2 Å². The van der Waals surface area contributed by atoms with E-state index in [0.717, 1.165) is 29.3 Å². The Morgan fingerprint density at radius 3 is 2.72 bits per heavy atom. The maximum atomic E-state index is 9.21. The smallest absolute Gasteiger partial charge is 0.129 e. The second kappa shape index (κ2) is 5.46. The first-order valence-electron chi connectivity index (χ1n) is 5.78. The fourth-order valence-electron chi connectivity index (χ4n) is 1.78. The molecule has 1 N–H and O–H groups in total. The Morgan fingerprint density at radius 2 is 2.11 bits per heavy atom. The average Bonchev–Trinajstić information content (AvgIpc) is 2.74. The standard InChI is InChI=1S/C13H17N3OS/c1-9-4-11(7-17)5-13(15-9)16(3)6-12-10(2)14-8-18-12/h4-5,8,17H,6-7H2,1-3H3. The molecule has 0 unspecified atom stereocenters. The molecule has 5 heteroatoms. The van der Waals surface area contributed by atoms with Crippen LogP contribution >= 0.6 is 11.3 Å². The Morgan fingerprint density at radius 1 is 1.33 bits per heavy atom. The Balaban J connectivity index is 2.20. The molecule has 0 fully saturated rings. The first-order chi connectivity index (χ1) is 8.60. The normalized spacial score (nSPS) is 10.7. The predicted octanol–water partition coefficient (Wildman–Crippen LogP) is 2.28. The zero-order valence-electron chi connectivity index (χ0n) is 10.8. The van der Waals surface area contributed by atoms with Gasteiger partial charge in [0.25, 0.3) is 0 Å². The topological polar surface area (TPSA) is 49.2 Å². The molecule has 0 saturated carbocycles. The van der Waals surface area contributed by atoms with Gasteiger partial charge in [0.15, 0.2) is 0 Å². The number of aliphatic hydroxyl groups is 1. The largest absolute Gasteiger partial charge is 0.392 e. The van der Waals surface area contributed by atoms with E-state index in [-0.39, 0.29) is 6.61 Å². The number of hydrogen-bond donors (Lipinski definition) is 1. The minimum absolute atomic E-state index is 0.0454. The van der Waals surface area contributed by atoms with Crippen molar-refractivity contribution in [2.45, 2.75) is 27.0 Å². The highest BCUT2D eigenvalue weighted by Gasteiger charge is 2.09. The Kier molecular flexibility index (Phi) is 3.93. The molecule has 0 radical (unpaired) electrons. The van der Waals surface area contributed by atoms with Crippen molar-refractivity contribution in [3.63, 3.8) is 0 Å². The molecule has 2 aromatic heterocycles. The highest BCUT2D eigenvalue weighted by atomic mass is 32.1. The number of rotatable bonds is 4. The third-order valence-corrected chi connectivity index (χ3v) is 3.72. The molecule has 0 bridgehead atoms. The molecule has 0 aromatic carbocycles. The predicted molar refractivity (Wildman–Crippen MR) is 73.9 cm³/mol. The van der Waals surface area contributed by atoms with Crippen LogP contribution in [0.4, 0.5) is 5.82 Å². The highest BCUT2D eigenvalue weighted by Crippen LogP contribution is 2.19. The van der Waals surface area contributed by atoms with Crippen LogP contribution in [0.25, 0.3) is 0 Å². The van der Waals surface area contributed by atoms with Gasteiger partial charge >= 0.3 is 0 Å². The van der Waals surface area contributed by atoms with E-state index in [9.17, 15) is 5.11 Å². The van der Waals surface area contributed by atoms with E-state index in [2.05, 4.69) is 14.9 Å². The van der Waals surface area contributed by atoms with Crippen LogP contribution in [0, 0.1) is 13.8 Å². The average molecular weight is 263 g/mol. The van der Waals surface area contributed by atoms with Crippen molar-refractivity contribution in [1.29, 1.82) is 0 Å². The SMILES string of the molecule is Cc1cc(CO)cc(N(C)Cc2scnc2C)n1. The number of aliphatic hydroxyl groups excluding tert-OH is 1. The molecule has 0 aliphatic carbocycles. The van der Waals surface area contributed by atoms with Crippen molar-refractivity contribution in [3.05, 3.63) is 39.5 Å². The zero-order valence-corrected chi connectivity index (χ0v) is 11.7. The van der Waals surface area contributed by atoms with Gasteiger partial charge in [-0.1, -0.05) is 0 Å². The van der Waals surface area contributed by atoms with Crippen LogP contribution in [0.2, 0.25) is 0 Å². The number of nitrogens with zero attached hydrogens (tertiary/aromatic N) is 3. The fraction of sp³-hybridized carbons (Fsp3) is 0.385. The van der Waals surface area contributed by atoms with Crippen LogP contribution in [-0.4, -0.2) is 22.1 Å². The lowest BCUT2D eigenvalue weighted by molar-refractivity contribution is 0.281. The highest BCUT2D eigenvalue weighted by molar-refractivity contribution is 7.09. The summed E-state index contributed by atoms with van der Waals surface area (Å²) < 4.78 is 0. The molecule has 0 atom stereocenters. The van der Waals surface area contributed by atoms with E-state index < -0.39 is 0 Å². The van der Waals surface area contributed by atoms with Gasteiger partial charge in [-0.2, -0.15) is 0 Å². The summed E-state index contributed by atoms with van der Waals surface area (Å²) in [5, 5.41) is 9.21. The molecular formula is C13H17N3OS. The number of hydrogen-bond acceptors (Lipinski definition) is 5. The summed E-state index contributed by atoms with van der Waals surface area (Å²) in [7, 11) is 2.00. The van der Waals surface area contributed by atoms with Gasteiger partial charge < -0.3 is 10.0 Å². The number of pyridine rings is 1. The van der Waals surface area contributed by atoms with Crippen molar-refractivity contribution in [2.24, 2.45) is 0 Å². The lowest BCUT2D eigenvalue weighted by Gasteiger charge is -2.18. The van der Waals surface area contributed by atoms with Gasteiger partial charge in [-0.15, -0.1) is 11.3 Å². The quantitative estimate of drug-likeness (QED) is 0.919. The molecule has 18 heavy (non-hydrogen) atoms. The summed E-state index contributed by atoms with van der Waals surface area (Å²) in [4.78, 5) is 12.1. The molecule has 0 spiro atoms. The van der Waals surface area contributed by atoms with Gasteiger partial charge in [0.1, 0.15) is 5.82 Å². The molecule has 4 nitrogen and oxygen atoms in total. The minimum atomic E-state index is 0.0454. The van der Waals surface area contributed by atoms with Crippen molar-refractivity contribution in [2.75, 3.05) is 11.9 Å². The molecule has 2 aromatic rings. The Hall–Kier alpha value is -1.46. The van der Waals surface area contributed by atoms with Crippen molar-refractivity contribution in [3.8, 4) is 0 Å². The van der Waals surface area contributed by atoms with Gasteiger partial charge in [-0.25, -0.2) is 9.97 Å². The molecule has 0 aliphatic rings. The van der Waals surface area contributed by atoms with E-state index >= 15 is 0 Å². The molecular weight excluding hydrogens is 246 g/mol. The first-order valence-corrected chi connectivity index (χ1v) is 6.66. The van der Waals surface area contributed by atoms with E-state index in [1.807, 2.05) is 38.5 Å². The number of aryl methyl sites for hydroxylation is 2. The van der Waals surface area contributed by atoms with Gasteiger partial charge in [0.2, 0.25) is 0 Å². The number of thiazole rings is 1. The molecule has 0 aliphatic heterocycles. The molecule has 96 valence electrons. The maximum Gasteiger partial charge on any atom is 0.129 e. The minimum Gasteiger partial charge on any atom is -0.392 e. The molecule has 2 rings (SSSR count). The van der Waals surface area contributed by atoms with E-state index in [1.54, 1.807) is 11.3 Å². The van der Waals surface area contributed by atoms with Crippen LogP contribution in [0.1, 0.15) is 21.8 Å². The second-order valence-electron chi connectivity index (χ2n) is 4.35. The summed E-state index contributed by atoms with van der Waals surface area (Å²) >= 11 is 1.66. The summed E-state index contributed by atoms with van der Waals surface area (Å²) in [6, 6.07) is 3.82. The number of anilines is 1. The maximum absolute atomic E-state index is 9.21. The third-order valence-electron chi connectivity index (χ3n) is 2.80. The fourth-order valence-corrected chi connectivity index (χ4v) is 2.61. The number of aromatic nitrogens is 2. The van der Waals surface area contributed by atoms with E-state index in [4.69, 9.17) is 0 Å². The van der Waals surface area contributed by atoms with Gasteiger partial charge in [0.05, 0.1) is 24.4 Å². The van der Waals surface area contributed by atoms with Crippen LogP contribution < -0.4 is 4.90 Å². The van der Waals surface area contributed by atoms with Crippen LogP contribution in [0.3, 0.4) is 0 Å². The Bertz CT molecular complexity index is 539. The van der Waals surface area contributed by atoms with Crippen LogP contribution in [0.5, 0.6) is 0 Å². The van der Waals surface area contributed by atoms with Gasteiger partial charge in [0, 0.05) is 17.6 Å². The molecule has 2 heterocycles. The van der Waals surface area contributed by atoms with Crippen molar-refractivity contribution >= 4 is 17.2 Å². The summed E-state index contributed by atoms with van der Waals surface area (Å²) in [5.41, 5.74) is 4.75. The van der Waals surface area contributed by atoms with Gasteiger partial charge in [-0.3, -0.25) is 0 Å². The monoisotopic (exact) mass is 263 g/mol. The zero-order chi connectivity index (χ0) is 13.1. The lowest BCUT2D eigenvalue weighted by Crippen LogP contribution is -2.18. The summed E-state index contributed by atoms with van der Waals surface area (Å²) in [5.74, 6) is 0.881. The van der Waals surface area contributed by atoms with E-state index in [1.165, 1.54) is 4.88 Å². The van der Waals surface area contributed by atoms with Crippen molar-refractivity contribution in [1.82, 2.24) is 9.97 Å². The second-order valence-corrected chi connectivity index (χ2v) is 5.29. The lowest BCUT2D eigenvalue weighted by atomic mass is 10.2.